The normalized spacial score (nSPS) is 10.0. The summed E-state index contributed by atoms with van der Waals surface area (Å²) in [6, 6.07) is 9.38. The molecule has 76 valence electrons. The molecule has 15 heavy (non-hydrogen) atoms. The number of aromatic nitrogens is 2. The molecule has 4 heteroatoms. The van der Waals surface area contributed by atoms with Crippen molar-refractivity contribution in [1.29, 1.82) is 0 Å². The molecule has 0 saturated heterocycles. The number of rotatable bonds is 2. The van der Waals surface area contributed by atoms with E-state index in [1.54, 1.807) is 12.3 Å². The number of ether oxygens (including phenoxy) is 1. The third-order valence-corrected chi connectivity index (χ3v) is 1.99. The van der Waals surface area contributed by atoms with Crippen molar-refractivity contribution in [2.24, 2.45) is 0 Å². The Morgan fingerprint density at radius 2 is 2.13 bits per heavy atom. The average Bonchev–Trinajstić information content (AvgIpc) is 2.17. The van der Waals surface area contributed by atoms with Gasteiger partial charge in [-0.1, -0.05) is 12.1 Å². The number of halogens is 1. The second-order valence-corrected chi connectivity index (χ2v) is 3.42. The fraction of sp³-hybridized carbons (Fsp3) is 0.0909. The molecule has 0 aliphatic heterocycles. The monoisotopic (exact) mass is 220 g/mol. The highest BCUT2D eigenvalue weighted by Gasteiger charge is 1.99. The topological polar surface area (TPSA) is 35.0 Å². The highest BCUT2D eigenvalue weighted by molar-refractivity contribution is 6.28. The lowest BCUT2D eigenvalue weighted by molar-refractivity contribution is 0.461. The maximum atomic E-state index is 5.64. The Balaban J connectivity index is 2.22. The van der Waals surface area contributed by atoms with Gasteiger partial charge in [0.2, 0.25) is 11.2 Å². The second kappa shape index (κ2) is 4.28. The van der Waals surface area contributed by atoms with Gasteiger partial charge in [0.05, 0.1) is 0 Å². The van der Waals surface area contributed by atoms with Crippen molar-refractivity contribution in [3.05, 3.63) is 47.4 Å². The first-order valence-corrected chi connectivity index (χ1v) is 4.85. The molecule has 0 fully saturated rings. The smallest absolute Gasteiger partial charge is 0.225 e. The van der Waals surface area contributed by atoms with Gasteiger partial charge >= 0.3 is 0 Å². The van der Waals surface area contributed by atoms with Crippen LogP contribution in [0.1, 0.15) is 5.56 Å². The zero-order chi connectivity index (χ0) is 10.7. The quantitative estimate of drug-likeness (QED) is 0.729. The minimum atomic E-state index is 0.181. The molecule has 1 aromatic carbocycles. The second-order valence-electron chi connectivity index (χ2n) is 3.08. The van der Waals surface area contributed by atoms with E-state index in [1.807, 2.05) is 31.2 Å². The lowest BCUT2D eigenvalue weighted by Crippen LogP contribution is -1.89. The van der Waals surface area contributed by atoms with Gasteiger partial charge in [-0.3, -0.25) is 0 Å². The zero-order valence-electron chi connectivity index (χ0n) is 8.14. The Bertz CT molecular complexity index is 430. The van der Waals surface area contributed by atoms with Crippen molar-refractivity contribution in [3.8, 4) is 11.6 Å². The molecule has 0 unspecified atom stereocenters. The van der Waals surface area contributed by atoms with E-state index in [-0.39, 0.29) is 5.28 Å². The number of hydrogen-bond donors (Lipinski definition) is 0. The van der Waals surface area contributed by atoms with Gasteiger partial charge in [0.1, 0.15) is 5.75 Å². The van der Waals surface area contributed by atoms with E-state index in [0.717, 1.165) is 11.3 Å². The lowest BCUT2D eigenvalue weighted by atomic mass is 10.2. The van der Waals surface area contributed by atoms with Crippen LogP contribution in [-0.4, -0.2) is 9.97 Å². The van der Waals surface area contributed by atoms with E-state index in [0.29, 0.717) is 5.88 Å². The SMILES string of the molecule is Cc1cccc(Oc2ccnc(Cl)n2)c1. The van der Waals surface area contributed by atoms with Crippen molar-refractivity contribution in [2.45, 2.75) is 6.92 Å². The molecule has 0 amide bonds. The molecule has 0 saturated carbocycles. The molecular formula is C11H9ClN2O. The minimum absolute atomic E-state index is 0.181. The van der Waals surface area contributed by atoms with Crippen LogP contribution in [-0.2, 0) is 0 Å². The van der Waals surface area contributed by atoms with Crippen LogP contribution in [0.5, 0.6) is 11.6 Å². The van der Waals surface area contributed by atoms with Crippen molar-refractivity contribution >= 4 is 11.6 Å². The van der Waals surface area contributed by atoms with Gasteiger partial charge in [-0.2, -0.15) is 4.98 Å². The van der Waals surface area contributed by atoms with Crippen LogP contribution in [0.4, 0.5) is 0 Å². The number of nitrogens with zero attached hydrogens (tertiary/aromatic N) is 2. The fourth-order valence-corrected chi connectivity index (χ4v) is 1.32. The standard InChI is InChI=1S/C11H9ClN2O/c1-8-3-2-4-9(7-8)15-10-5-6-13-11(12)14-10/h2-7H,1H3. The van der Waals surface area contributed by atoms with Crippen molar-refractivity contribution in [3.63, 3.8) is 0 Å². The third kappa shape index (κ3) is 2.67. The predicted octanol–water partition coefficient (Wildman–Crippen LogP) is 3.23. The largest absolute Gasteiger partial charge is 0.439 e. The molecule has 0 spiro atoms. The zero-order valence-corrected chi connectivity index (χ0v) is 8.90. The van der Waals surface area contributed by atoms with Crippen molar-refractivity contribution in [2.75, 3.05) is 0 Å². The Hall–Kier alpha value is -1.61. The molecule has 3 nitrogen and oxygen atoms in total. The van der Waals surface area contributed by atoms with Gasteiger partial charge in [-0.05, 0) is 36.2 Å². The van der Waals surface area contributed by atoms with E-state index in [9.17, 15) is 0 Å². The molecule has 2 aromatic rings. The molecule has 0 aliphatic carbocycles. The molecule has 0 atom stereocenters. The minimum Gasteiger partial charge on any atom is -0.439 e. The molecule has 1 aromatic heterocycles. The summed E-state index contributed by atoms with van der Waals surface area (Å²) in [6.45, 7) is 2.00. The van der Waals surface area contributed by atoms with Crippen LogP contribution >= 0.6 is 11.6 Å². The van der Waals surface area contributed by atoms with E-state index in [4.69, 9.17) is 16.3 Å². The van der Waals surface area contributed by atoms with Crippen LogP contribution in [0.15, 0.2) is 36.5 Å². The summed E-state index contributed by atoms with van der Waals surface area (Å²) in [5, 5.41) is 0.181. The Labute approximate surface area is 92.7 Å². The third-order valence-electron chi connectivity index (χ3n) is 1.81. The first kappa shape index (κ1) is 9.93. The summed E-state index contributed by atoms with van der Waals surface area (Å²) in [7, 11) is 0. The van der Waals surface area contributed by atoms with Gasteiger partial charge in [-0.15, -0.1) is 0 Å². The molecule has 0 bridgehead atoms. The van der Waals surface area contributed by atoms with Crippen LogP contribution in [0.3, 0.4) is 0 Å². The van der Waals surface area contributed by atoms with E-state index in [2.05, 4.69) is 9.97 Å². The highest BCUT2D eigenvalue weighted by Crippen LogP contribution is 2.20. The highest BCUT2D eigenvalue weighted by atomic mass is 35.5. The summed E-state index contributed by atoms with van der Waals surface area (Å²) < 4.78 is 5.50. The fourth-order valence-electron chi connectivity index (χ4n) is 1.18. The van der Waals surface area contributed by atoms with Crippen LogP contribution in [0.25, 0.3) is 0 Å². The van der Waals surface area contributed by atoms with Gasteiger partial charge in [0.25, 0.3) is 0 Å². The molecule has 0 N–H and O–H groups in total. The van der Waals surface area contributed by atoms with Gasteiger partial charge in [0.15, 0.2) is 0 Å². The van der Waals surface area contributed by atoms with E-state index >= 15 is 0 Å². The average molecular weight is 221 g/mol. The summed E-state index contributed by atoms with van der Waals surface area (Å²) in [4.78, 5) is 7.70. The Morgan fingerprint density at radius 3 is 2.87 bits per heavy atom. The summed E-state index contributed by atoms with van der Waals surface area (Å²) in [6.07, 6.45) is 1.56. The predicted molar refractivity (Wildman–Crippen MR) is 58.3 cm³/mol. The van der Waals surface area contributed by atoms with Gasteiger partial charge in [-0.25, -0.2) is 4.98 Å². The first-order chi connectivity index (χ1) is 7.24. The lowest BCUT2D eigenvalue weighted by Gasteiger charge is -2.04. The summed E-state index contributed by atoms with van der Waals surface area (Å²) >= 11 is 5.64. The maximum Gasteiger partial charge on any atom is 0.225 e. The van der Waals surface area contributed by atoms with Crippen molar-refractivity contribution < 1.29 is 4.74 Å². The molecule has 1 heterocycles. The number of hydrogen-bond acceptors (Lipinski definition) is 3. The molecule has 2 rings (SSSR count). The van der Waals surface area contributed by atoms with E-state index in [1.165, 1.54) is 0 Å². The number of aryl methyl sites for hydroxylation is 1. The van der Waals surface area contributed by atoms with Crippen molar-refractivity contribution in [1.82, 2.24) is 9.97 Å². The molecule has 0 radical (unpaired) electrons. The van der Waals surface area contributed by atoms with Gasteiger partial charge < -0.3 is 4.74 Å². The first-order valence-electron chi connectivity index (χ1n) is 4.47. The van der Waals surface area contributed by atoms with Crippen LogP contribution in [0, 0.1) is 6.92 Å². The Kier molecular flexibility index (Phi) is 2.83. The summed E-state index contributed by atoms with van der Waals surface area (Å²) in [5.41, 5.74) is 1.13. The van der Waals surface area contributed by atoms with Crippen LogP contribution < -0.4 is 4.74 Å². The van der Waals surface area contributed by atoms with E-state index < -0.39 is 0 Å². The Morgan fingerprint density at radius 1 is 1.27 bits per heavy atom. The van der Waals surface area contributed by atoms with Crippen LogP contribution in [0.2, 0.25) is 5.28 Å². The number of benzene rings is 1. The van der Waals surface area contributed by atoms with Gasteiger partial charge in [0, 0.05) is 12.3 Å². The molecular weight excluding hydrogens is 212 g/mol. The maximum absolute atomic E-state index is 5.64. The molecule has 0 aliphatic rings. The summed E-state index contributed by atoms with van der Waals surface area (Å²) in [5.74, 6) is 1.19.